The van der Waals surface area contributed by atoms with Gasteiger partial charge in [0.2, 0.25) is 5.95 Å². The van der Waals surface area contributed by atoms with Crippen LogP contribution < -0.4 is 10.2 Å². The molecule has 4 heterocycles. The fraction of sp³-hybridized carbons (Fsp3) is 0.421. The number of fused-ring (bicyclic) bond motifs is 3. The van der Waals surface area contributed by atoms with E-state index in [4.69, 9.17) is 16.6 Å². The number of anilines is 3. The summed E-state index contributed by atoms with van der Waals surface area (Å²) >= 11 is 6.36. The van der Waals surface area contributed by atoms with Crippen LogP contribution in [0.4, 0.5) is 17.5 Å². The molecular weight excluding hydrogens is 334 g/mol. The molecule has 5 nitrogen and oxygen atoms in total. The smallest absolute Gasteiger partial charge is 0.227 e. The second-order valence-corrected chi connectivity index (χ2v) is 7.51. The molecule has 0 aliphatic carbocycles. The maximum atomic E-state index is 6.36. The van der Waals surface area contributed by atoms with Crippen LogP contribution in [0.15, 0.2) is 29.4 Å². The Kier molecular flexibility index (Phi) is 3.63. The predicted molar refractivity (Wildman–Crippen MR) is 101 cm³/mol. The summed E-state index contributed by atoms with van der Waals surface area (Å²) < 4.78 is 0. The molecule has 6 heteroatoms. The SMILES string of the molecule is Clc1cnc(N2C3CCCC2CC3)nc1Nc1ccc2c(c1)C=NC2. The number of nitrogens with one attached hydrogen (secondary N) is 1. The van der Waals surface area contributed by atoms with Crippen molar-refractivity contribution >= 4 is 35.3 Å². The van der Waals surface area contributed by atoms with E-state index in [1.54, 1.807) is 6.20 Å². The zero-order valence-electron chi connectivity index (χ0n) is 14.0. The minimum atomic E-state index is 0.544. The Morgan fingerprint density at radius 1 is 1.12 bits per heavy atom. The fourth-order valence-electron chi connectivity index (χ4n) is 4.33. The predicted octanol–water partition coefficient (Wildman–Crippen LogP) is 4.33. The molecule has 128 valence electrons. The molecular formula is C19H20ClN5. The lowest BCUT2D eigenvalue weighted by Gasteiger charge is -2.34. The third-order valence-corrected chi connectivity index (χ3v) is 5.83. The van der Waals surface area contributed by atoms with Gasteiger partial charge in [-0.25, -0.2) is 4.98 Å². The van der Waals surface area contributed by atoms with E-state index >= 15 is 0 Å². The van der Waals surface area contributed by atoms with Crippen LogP contribution >= 0.6 is 11.6 Å². The van der Waals surface area contributed by atoms with E-state index in [0.29, 0.717) is 22.9 Å². The molecule has 3 aliphatic rings. The molecule has 2 aromatic rings. The highest BCUT2D eigenvalue weighted by Gasteiger charge is 2.38. The van der Waals surface area contributed by atoms with Gasteiger partial charge in [0.1, 0.15) is 5.02 Å². The lowest BCUT2D eigenvalue weighted by molar-refractivity contribution is 0.460. The van der Waals surface area contributed by atoms with Gasteiger partial charge in [-0.05, 0) is 55.4 Å². The fourth-order valence-corrected chi connectivity index (χ4v) is 4.47. The number of halogens is 1. The van der Waals surface area contributed by atoms with E-state index in [1.165, 1.54) is 37.7 Å². The molecule has 2 atom stereocenters. The second-order valence-electron chi connectivity index (χ2n) is 7.10. The Balaban J connectivity index is 1.45. The molecule has 25 heavy (non-hydrogen) atoms. The first-order valence-electron chi connectivity index (χ1n) is 8.98. The van der Waals surface area contributed by atoms with Crippen LogP contribution in [0.1, 0.15) is 43.2 Å². The van der Waals surface area contributed by atoms with Crippen LogP contribution in [0, 0.1) is 0 Å². The molecule has 2 fully saturated rings. The average molecular weight is 354 g/mol. The molecule has 2 saturated heterocycles. The van der Waals surface area contributed by atoms with Crippen molar-refractivity contribution in [3.05, 3.63) is 40.5 Å². The largest absolute Gasteiger partial charge is 0.339 e. The molecule has 3 aliphatic heterocycles. The van der Waals surface area contributed by atoms with Crippen LogP contribution in [-0.2, 0) is 6.54 Å². The van der Waals surface area contributed by atoms with E-state index in [1.807, 2.05) is 6.21 Å². The molecule has 0 amide bonds. The molecule has 1 N–H and O–H groups in total. The topological polar surface area (TPSA) is 53.4 Å². The molecule has 2 unspecified atom stereocenters. The van der Waals surface area contributed by atoms with Crippen molar-refractivity contribution in [2.75, 3.05) is 10.2 Å². The number of piperidine rings is 1. The number of aliphatic imine (C=N–C) groups is 1. The summed E-state index contributed by atoms with van der Waals surface area (Å²) in [5.41, 5.74) is 3.38. The number of aromatic nitrogens is 2. The van der Waals surface area contributed by atoms with Gasteiger partial charge in [-0.3, -0.25) is 4.99 Å². The standard InChI is InChI=1S/C19H20ClN5/c20-17-11-22-19(25-15-2-1-3-16(25)7-6-15)24-18(17)23-14-5-4-12-9-21-10-13(12)8-14/h4-5,8,10-11,15-16H,1-3,6-7,9H2,(H,22,23,24). The molecule has 0 spiro atoms. The van der Waals surface area contributed by atoms with Crippen LogP contribution in [0.3, 0.4) is 0 Å². The highest BCUT2D eigenvalue weighted by Crippen LogP contribution is 2.38. The molecule has 0 saturated carbocycles. The van der Waals surface area contributed by atoms with Gasteiger partial charge in [0.25, 0.3) is 0 Å². The average Bonchev–Trinajstić information content (AvgIpc) is 3.18. The summed E-state index contributed by atoms with van der Waals surface area (Å²) in [5.74, 6) is 1.48. The minimum Gasteiger partial charge on any atom is -0.339 e. The van der Waals surface area contributed by atoms with E-state index in [2.05, 4.69) is 38.4 Å². The number of hydrogen-bond donors (Lipinski definition) is 1. The Morgan fingerprint density at radius 3 is 2.80 bits per heavy atom. The van der Waals surface area contributed by atoms with Crippen molar-refractivity contribution in [1.29, 1.82) is 0 Å². The van der Waals surface area contributed by atoms with E-state index in [0.717, 1.165) is 23.7 Å². The minimum absolute atomic E-state index is 0.544. The van der Waals surface area contributed by atoms with Gasteiger partial charge in [-0.15, -0.1) is 0 Å². The zero-order chi connectivity index (χ0) is 16.8. The summed E-state index contributed by atoms with van der Waals surface area (Å²) in [6.45, 7) is 0.770. The number of hydrogen-bond acceptors (Lipinski definition) is 5. The van der Waals surface area contributed by atoms with Gasteiger partial charge < -0.3 is 10.2 Å². The summed E-state index contributed by atoms with van der Waals surface area (Å²) in [7, 11) is 0. The van der Waals surface area contributed by atoms with Crippen molar-refractivity contribution in [3.8, 4) is 0 Å². The molecule has 2 bridgehead atoms. The van der Waals surface area contributed by atoms with Gasteiger partial charge in [0.05, 0.1) is 12.7 Å². The van der Waals surface area contributed by atoms with Gasteiger partial charge in [-0.1, -0.05) is 17.7 Å². The normalized spacial score (nSPS) is 23.8. The van der Waals surface area contributed by atoms with Crippen molar-refractivity contribution < 1.29 is 0 Å². The quantitative estimate of drug-likeness (QED) is 0.892. The highest BCUT2D eigenvalue weighted by atomic mass is 35.5. The van der Waals surface area contributed by atoms with Crippen LogP contribution in [0.2, 0.25) is 5.02 Å². The maximum Gasteiger partial charge on any atom is 0.227 e. The third-order valence-electron chi connectivity index (χ3n) is 5.56. The van der Waals surface area contributed by atoms with Crippen LogP contribution in [0.25, 0.3) is 0 Å². The molecule has 5 rings (SSSR count). The second kappa shape index (κ2) is 5.99. The molecule has 0 radical (unpaired) electrons. The Hall–Kier alpha value is -2.14. The Labute approximate surface area is 152 Å². The van der Waals surface area contributed by atoms with Gasteiger partial charge >= 0.3 is 0 Å². The van der Waals surface area contributed by atoms with Crippen LogP contribution in [-0.4, -0.2) is 28.3 Å². The van der Waals surface area contributed by atoms with Gasteiger partial charge in [0, 0.05) is 24.0 Å². The van der Waals surface area contributed by atoms with E-state index < -0.39 is 0 Å². The summed E-state index contributed by atoms with van der Waals surface area (Å²) in [6, 6.07) is 7.42. The Bertz CT molecular complexity index is 834. The molecule has 1 aromatic heterocycles. The van der Waals surface area contributed by atoms with E-state index in [-0.39, 0.29) is 0 Å². The number of benzene rings is 1. The van der Waals surface area contributed by atoms with Gasteiger partial charge in [-0.2, -0.15) is 4.98 Å². The number of nitrogens with zero attached hydrogens (tertiary/aromatic N) is 4. The molecule has 1 aromatic carbocycles. The first kappa shape index (κ1) is 15.1. The zero-order valence-corrected chi connectivity index (χ0v) is 14.7. The number of rotatable bonds is 3. The summed E-state index contributed by atoms with van der Waals surface area (Å²) in [5, 5.41) is 3.90. The van der Waals surface area contributed by atoms with E-state index in [9.17, 15) is 0 Å². The Morgan fingerprint density at radius 2 is 1.96 bits per heavy atom. The van der Waals surface area contributed by atoms with Crippen LogP contribution in [0.5, 0.6) is 0 Å². The first-order valence-corrected chi connectivity index (χ1v) is 9.36. The monoisotopic (exact) mass is 353 g/mol. The van der Waals surface area contributed by atoms with Crippen molar-refractivity contribution in [2.45, 2.75) is 50.7 Å². The maximum absolute atomic E-state index is 6.36. The van der Waals surface area contributed by atoms with Crippen molar-refractivity contribution in [3.63, 3.8) is 0 Å². The highest BCUT2D eigenvalue weighted by molar-refractivity contribution is 6.32. The van der Waals surface area contributed by atoms with Crippen molar-refractivity contribution in [1.82, 2.24) is 9.97 Å². The first-order chi connectivity index (χ1) is 12.3. The van der Waals surface area contributed by atoms with Crippen molar-refractivity contribution in [2.24, 2.45) is 4.99 Å². The van der Waals surface area contributed by atoms with Gasteiger partial charge in [0.15, 0.2) is 5.82 Å². The lowest BCUT2D eigenvalue weighted by Crippen LogP contribution is -2.40. The summed E-state index contributed by atoms with van der Waals surface area (Å²) in [4.78, 5) is 16.0. The lowest BCUT2D eigenvalue weighted by atomic mass is 10.0. The third kappa shape index (κ3) is 2.67. The summed E-state index contributed by atoms with van der Waals surface area (Å²) in [6.07, 6.45) is 9.95.